The number of carbonyl (C=O) groups excluding carboxylic acids is 1. The number of hydrogen-bond donors (Lipinski definition) is 0. The topological polar surface area (TPSA) is 51.1 Å². The molecule has 27 heavy (non-hydrogen) atoms. The Bertz CT molecular complexity index is 877. The first-order chi connectivity index (χ1) is 13.2. The molecule has 0 bridgehead atoms. The van der Waals surface area contributed by atoms with Crippen molar-refractivity contribution in [3.05, 3.63) is 70.3 Å². The number of amides is 1. The smallest absolute Gasteiger partial charge is 0.227 e. The van der Waals surface area contributed by atoms with E-state index in [1.165, 1.54) is 5.56 Å². The first-order valence-electron chi connectivity index (χ1n) is 9.33. The fraction of sp³-hybridized carbons (Fsp3) is 0.364. The molecule has 2 aliphatic rings. The zero-order valence-corrected chi connectivity index (χ0v) is 15.8. The molecule has 0 saturated carbocycles. The quantitative estimate of drug-likeness (QED) is 0.765. The Labute approximate surface area is 159 Å². The van der Waals surface area contributed by atoms with Gasteiger partial charge in [-0.15, -0.1) is 0 Å². The van der Waals surface area contributed by atoms with Gasteiger partial charge in [-0.1, -0.05) is 36.4 Å². The molecule has 0 spiro atoms. The molecule has 0 fully saturated rings. The molecule has 2 aliphatic heterocycles. The number of fused-ring (bicyclic) bond motifs is 2. The average molecular weight is 364 g/mol. The van der Waals surface area contributed by atoms with Gasteiger partial charge < -0.3 is 14.4 Å². The van der Waals surface area contributed by atoms with E-state index >= 15 is 0 Å². The van der Waals surface area contributed by atoms with Gasteiger partial charge in [-0.05, 0) is 35.2 Å². The zero-order chi connectivity index (χ0) is 18.8. The Morgan fingerprint density at radius 2 is 1.93 bits per heavy atom. The zero-order valence-electron chi connectivity index (χ0n) is 15.8. The number of aliphatic imine (C=N–C) groups is 1. The van der Waals surface area contributed by atoms with Gasteiger partial charge in [0.2, 0.25) is 11.8 Å². The molecule has 2 aromatic carbocycles. The van der Waals surface area contributed by atoms with Gasteiger partial charge in [-0.2, -0.15) is 0 Å². The molecule has 1 amide bonds. The predicted octanol–water partition coefficient (Wildman–Crippen LogP) is 3.26. The van der Waals surface area contributed by atoms with Crippen LogP contribution in [0.2, 0.25) is 0 Å². The Morgan fingerprint density at radius 1 is 1.11 bits per heavy atom. The van der Waals surface area contributed by atoms with Gasteiger partial charge in [-0.3, -0.25) is 4.79 Å². The molecule has 0 aliphatic carbocycles. The minimum absolute atomic E-state index is 0.0474. The van der Waals surface area contributed by atoms with E-state index < -0.39 is 0 Å². The summed E-state index contributed by atoms with van der Waals surface area (Å²) in [5.41, 5.74) is 5.63. The van der Waals surface area contributed by atoms with E-state index in [0.717, 1.165) is 22.3 Å². The van der Waals surface area contributed by atoms with E-state index in [1.54, 1.807) is 7.11 Å². The third-order valence-electron chi connectivity index (χ3n) is 5.33. The third-order valence-corrected chi connectivity index (χ3v) is 5.33. The van der Waals surface area contributed by atoms with Crippen molar-refractivity contribution in [3.63, 3.8) is 0 Å². The van der Waals surface area contributed by atoms with E-state index in [9.17, 15) is 4.79 Å². The number of nitrogens with zero attached hydrogens (tertiary/aromatic N) is 2. The van der Waals surface area contributed by atoms with Gasteiger partial charge in [-0.25, -0.2) is 4.99 Å². The van der Waals surface area contributed by atoms with E-state index in [4.69, 9.17) is 9.47 Å². The number of hydrogen-bond acceptors (Lipinski definition) is 4. The van der Waals surface area contributed by atoms with Crippen molar-refractivity contribution >= 4 is 11.8 Å². The first kappa shape index (κ1) is 17.7. The van der Waals surface area contributed by atoms with Crippen molar-refractivity contribution in [2.75, 3.05) is 20.3 Å². The summed E-state index contributed by atoms with van der Waals surface area (Å²) in [6.07, 6.45) is 0.444. The standard InChI is InChI=1S/C22H24N2O3/c1-15(16-6-4-3-5-7-16)24-14-19-11-20-18(10-17(19)12-21(24)25)13-23-22(20)27-9-8-26-2/h3-7,10-11,15H,8-9,12-14H2,1-2H3/t15-/m1/s1. The maximum Gasteiger partial charge on any atom is 0.227 e. The summed E-state index contributed by atoms with van der Waals surface area (Å²) < 4.78 is 10.8. The molecule has 5 nitrogen and oxygen atoms in total. The summed E-state index contributed by atoms with van der Waals surface area (Å²) in [4.78, 5) is 19.2. The van der Waals surface area contributed by atoms with E-state index in [2.05, 4.69) is 36.2 Å². The lowest BCUT2D eigenvalue weighted by Gasteiger charge is -2.34. The van der Waals surface area contributed by atoms with Crippen LogP contribution in [0.25, 0.3) is 0 Å². The van der Waals surface area contributed by atoms with Crippen molar-refractivity contribution in [3.8, 4) is 0 Å². The molecule has 0 N–H and O–H groups in total. The molecule has 0 aromatic heterocycles. The SMILES string of the molecule is COCCOC1=NCc2cc3c(cc21)CN([C@H](C)c1ccccc1)C(=O)C3. The van der Waals surface area contributed by atoms with Crippen molar-refractivity contribution < 1.29 is 14.3 Å². The summed E-state index contributed by atoms with van der Waals surface area (Å²) >= 11 is 0. The van der Waals surface area contributed by atoms with Crippen LogP contribution in [0, 0.1) is 0 Å². The molecule has 0 radical (unpaired) electrons. The highest BCUT2D eigenvalue weighted by molar-refractivity contribution is 5.98. The molecule has 1 atom stereocenters. The summed E-state index contributed by atoms with van der Waals surface area (Å²) in [6, 6.07) is 14.5. The van der Waals surface area contributed by atoms with Crippen LogP contribution in [-0.2, 0) is 33.8 Å². The molecule has 4 rings (SSSR count). The van der Waals surface area contributed by atoms with Crippen LogP contribution in [0.4, 0.5) is 0 Å². The number of ether oxygens (including phenoxy) is 2. The molecule has 5 heteroatoms. The fourth-order valence-electron chi connectivity index (χ4n) is 3.77. The summed E-state index contributed by atoms with van der Waals surface area (Å²) in [5, 5.41) is 0. The second kappa shape index (κ2) is 7.53. The highest BCUT2D eigenvalue weighted by atomic mass is 16.5. The van der Waals surface area contributed by atoms with Gasteiger partial charge >= 0.3 is 0 Å². The summed E-state index contributed by atoms with van der Waals surface area (Å²) in [6.45, 7) is 4.34. The van der Waals surface area contributed by atoms with Crippen LogP contribution in [0.15, 0.2) is 47.5 Å². The monoisotopic (exact) mass is 364 g/mol. The Hall–Kier alpha value is -2.66. The molecule has 2 heterocycles. The van der Waals surface area contributed by atoms with Crippen molar-refractivity contribution in [2.45, 2.75) is 32.5 Å². The minimum atomic E-state index is 0.0474. The fourth-order valence-corrected chi connectivity index (χ4v) is 3.77. The Kier molecular flexibility index (Phi) is 4.94. The maximum absolute atomic E-state index is 12.8. The summed E-state index contributed by atoms with van der Waals surface area (Å²) in [7, 11) is 1.66. The first-order valence-corrected chi connectivity index (χ1v) is 9.33. The molecule has 0 saturated heterocycles. The van der Waals surface area contributed by atoms with Gasteiger partial charge in [0.25, 0.3) is 0 Å². The molecular weight excluding hydrogens is 340 g/mol. The van der Waals surface area contributed by atoms with Crippen molar-refractivity contribution in [1.29, 1.82) is 0 Å². The summed E-state index contributed by atoms with van der Waals surface area (Å²) in [5.74, 6) is 0.860. The maximum atomic E-state index is 12.8. The highest BCUT2D eigenvalue weighted by Crippen LogP contribution is 2.32. The number of benzene rings is 2. The second-order valence-corrected chi connectivity index (χ2v) is 7.03. The van der Waals surface area contributed by atoms with Crippen molar-refractivity contribution in [1.82, 2.24) is 4.90 Å². The van der Waals surface area contributed by atoms with Crippen LogP contribution < -0.4 is 0 Å². The molecule has 0 unspecified atom stereocenters. The van der Waals surface area contributed by atoms with E-state index in [-0.39, 0.29) is 11.9 Å². The van der Waals surface area contributed by atoms with Crippen LogP contribution in [-0.4, -0.2) is 37.0 Å². The Balaban J connectivity index is 1.57. The number of methoxy groups -OCH3 is 1. The van der Waals surface area contributed by atoms with Gasteiger partial charge in [0, 0.05) is 19.2 Å². The van der Waals surface area contributed by atoms with Crippen LogP contribution in [0.1, 0.15) is 40.8 Å². The largest absolute Gasteiger partial charge is 0.475 e. The van der Waals surface area contributed by atoms with Crippen LogP contribution in [0.3, 0.4) is 0 Å². The average Bonchev–Trinajstić information content (AvgIpc) is 3.08. The molecule has 2 aromatic rings. The van der Waals surface area contributed by atoms with Gasteiger partial charge in [0.15, 0.2) is 0 Å². The van der Waals surface area contributed by atoms with E-state index in [1.807, 2.05) is 23.1 Å². The number of rotatable bonds is 5. The minimum Gasteiger partial charge on any atom is -0.475 e. The lowest BCUT2D eigenvalue weighted by atomic mass is 9.92. The molecular formula is C22H24N2O3. The normalized spacial score (nSPS) is 16.6. The van der Waals surface area contributed by atoms with E-state index in [0.29, 0.717) is 38.6 Å². The van der Waals surface area contributed by atoms with Gasteiger partial charge in [0.1, 0.15) is 6.61 Å². The van der Waals surface area contributed by atoms with Crippen LogP contribution >= 0.6 is 0 Å². The second-order valence-electron chi connectivity index (χ2n) is 7.03. The lowest BCUT2D eigenvalue weighted by Crippen LogP contribution is -2.38. The lowest BCUT2D eigenvalue weighted by molar-refractivity contribution is -0.134. The molecule has 140 valence electrons. The Morgan fingerprint density at radius 3 is 2.70 bits per heavy atom. The highest BCUT2D eigenvalue weighted by Gasteiger charge is 2.30. The number of carbonyl (C=O) groups is 1. The van der Waals surface area contributed by atoms with Crippen LogP contribution in [0.5, 0.6) is 0 Å². The third kappa shape index (κ3) is 3.47. The van der Waals surface area contributed by atoms with Crippen molar-refractivity contribution in [2.24, 2.45) is 4.99 Å². The van der Waals surface area contributed by atoms with Gasteiger partial charge in [0.05, 0.1) is 25.6 Å². The predicted molar refractivity (Wildman–Crippen MR) is 104 cm³/mol.